The molecule has 2 N–H and O–H groups in total. The maximum atomic E-state index is 6.17. The van der Waals surface area contributed by atoms with Gasteiger partial charge in [-0.2, -0.15) is 0 Å². The lowest BCUT2D eigenvalue weighted by Crippen LogP contribution is -1.94. The molecule has 0 aliphatic rings. The van der Waals surface area contributed by atoms with Gasteiger partial charge in [0, 0.05) is 16.8 Å². The smallest absolute Gasteiger partial charge is 0.162 e. The van der Waals surface area contributed by atoms with E-state index in [0.29, 0.717) is 5.75 Å². The summed E-state index contributed by atoms with van der Waals surface area (Å²) in [6.07, 6.45) is 0. The Labute approximate surface area is 109 Å². The molecular formula is C14H11ClN2O. The van der Waals surface area contributed by atoms with Crippen LogP contribution >= 0.6 is 11.6 Å². The van der Waals surface area contributed by atoms with Crippen LogP contribution in [0.4, 0.5) is 5.69 Å². The van der Waals surface area contributed by atoms with Crippen molar-refractivity contribution in [2.45, 2.75) is 0 Å². The van der Waals surface area contributed by atoms with E-state index in [9.17, 15) is 0 Å². The highest BCUT2D eigenvalue weighted by Crippen LogP contribution is 2.30. The van der Waals surface area contributed by atoms with Gasteiger partial charge in [-0.15, -0.1) is 0 Å². The average molecular weight is 259 g/mol. The van der Waals surface area contributed by atoms with Gasteiger partial charge < -0.3 is 10.5 Å². The second kappa shape index (κ2) is 4.35. The highest BCUT2D eigenvalue weighted by atomic mass is 35.5. The van der Waals surface area contributed by atoms with Crippen LogP contribution < -0.4 is 10.5 Å². The lowest BCUT2D eigenvalue weighted by atomic mass is 10.1. The molecule has 0 amide bonds. The maximum absolute atomic E-state index is 6.17. The van der Waals surface area contributed by atoms with E-state index < -0.39 is 0 Å². The molecule has 4 heteroatoms. The van der Waals surface area contributed by atoms with E-state index in [1.807, 2.05) is 42.5 Å². The van der Waals surface area contributed by atoms with Crippen molar-refractivity contribution in [2.24, 2.45) is 0 Å². The first-order valence-electron chi connectivity index (χ1n) is 5.56. The van der Waals surface area contributed by atoms with Crippen LogP contribution in [0.5, 0.6) is 5.75 Å². The molecule has 0 saturated heterocycles. The minimum atomic E-state index is 0.120. The zero-order chi connectivity index (χ0) is 12.5. The predicted molar refractivity (Wildman–Crippen MR) is 75.0 cm³/mol. The van der Waals surface area contributed by atoms with Crippen LogP contribution in [0.2, 0.25) is 0 Å². The third-order valence-corrected chi connectivity index (χ3v) is 3.02. The van der Waals surface area contributed by atoms with Gasteiger partial charge in [0.05, 0.1) is 16.7 Å². The number of para-hydroxylation sites is 1. The summed E-state index contributed by atoms with van der Waals surface area (Å²) < 4.78 is 5.25. The van der Waals surface area contributed by atoms with Gasteiger partial charge in [-0.25, -0.2) is 4.98 Å². The van der Waals surface area contributed by atoms with Gasteiger partial charge in [0.25, 0.3) is 0 Å². The molecule has 2 aromatic carbocycles. The molecule has 0 aliphatic carbocycles. The summed E-state index contributed by atoms with van der Waals surface area (Å²) in [4.78, 5) is 4.58. The second-order valence-corrected chi connectivity index (χ2v) is 4.19. The molecule has 0 unspecified atom stereocenters. The van der Waals surface area contributed by atoms with Crippen LogP contribution in [0.15, 0.2) is 42.5 Å². The largest absolute Gasteiger partial charge is 0.478 e. The van der Waals surface area contributed by atoms with Crippen molar-refractivity contribution in [1.29, 1.82) is 0 Å². The Kier molecular flexibility index (Phi) is 2.68. The number of halogens is 1. The van der Waals surface area contributed by atoms with Crippen LogP contribution in [0, 0.1) is 0 Å². The lowest BCUT2D eigenvalue weighted by molar-refractivity contribution is 0.388. The molecule has 3 rings (SSSR count). The highest BCUT2D eigenvalue weighted by Gasteiger charge is 2.06. The Morgan fingerprint density at radius 3 is 2.67 bits per heavy atom. The molecule has 0 radical (unpaired) electrons. The minimum Gasteiger partial charge on any atom is -0.478 e. The van der Waals surface area contributed by atoms with E-state index in [4.69, 9.17) is 22.1 Å². The number of pyridine rings is 1. The first-order valence-corrected chi connectivity index (χ1v) is 6.10. The monoisotopic (exact) mass is 258 g/mol. The summed E-state index contributed by atoms with van der Waals surface area (Å²) in [6, 6.07) is 13.5. The molecular weight excluding hydrogens is 248 g/mol. The Morgan fingerprint density at radius 2 is 1.83 bits per heavy atom. The predicted octanol–water partition coefficient (Wildman–Crippen LogP) is 3.55. The zero-order valence-electron chi connectivity index (χ0n) is 9.56. The number of rotatable bonds is 2. The Morgan fingerprint density at radius 1 is 1.06 bits per heavy atom. The van der Waals surface area contributed by atoms with Crippen molar-refractivity contribution in [3.63, 3.8) is 0 Å². The molecule has 18 heavy (non-hydrogen) atoms. The molecule has 0 atom stereocenters. The van der Waals surface area contributed by atoms with Gasteiger partial charge in [-0.1, -0.05) is 29.8 Å². The van der Waals surface area contributed by atoms with Crippen molar-refractivity contribution in [1.82, 2.24) is 4.98 Å². The number of anilines is 1. The summed E-state index contributed by atoms with van der Waals surface area (Å²) >= 11 is 5.55. The third-order valence-electron chi connectivity index (χ3n) is 2.92. The average Bonchev–Trinajstić information content (AvgIpc) is 2.39. The van der Waals surface area contributed by atoms with Crippen LogP contribution in [0.25, 0.3) is 21.8 Å². The van der Waals surface area contributed by atoms with Crippen molar-refractivity contribution in [2.75, 3.05) is 11.8 Å². The lowest BCUT2D eigenvalue weighted by Gasteiger charge is -2.08. The minimum absolute atomic E-state index is 0.120. The van der Waals surface area contributed by atoms with Crippen molar-refractivity contribution in [3.05, 3.63) is 42.5 Å². The Hall–Kier alpha value is -2.00. The summed E-state index contributed by atoms with van der Waals surface area (Å²) in [5.74, 6) is 0.694. The van der Waals surface area contributed by atoms with Gasteiger partial charge in [0.2, 0.25) is 0 Å². The molecule has 0 aliphatic heterocycles. The molecule has 0 saturated carbocycles. The molecule has 0 spiro atoms. The van der Waals surface area contributed by atoms with E-state index in [-0.39, 0.29) is 6.07 Å². The van der Waals surface area contributed by atoms with Crippen LogP contribution in [-0.2, 0) is 0 Å². The molecule has 0 fully saturated rings. The first-order chi connectivity index (χ1) is 8.79. The summed E-state index contributed by atoms with van der Waals surface area (Å²) in [5, 5.41) is 1.90. The normalized spacial score (nSPS) is 10.9. The van der Waals surface area contributed by atoms with E-state index in [1.165, 1.54) is 0 Å². The van der Waals surface area contributed by atoms with Crippen molar-refractivity contribution >= 4 is 39.1 Å². The maximum Gasteiger partial charge on any atom is 0.162 e. The topological polar surface area (TPSA) is 48.1 Å². The quantitative estimate of drug-likeness (QED) is 0.565. The fraction of sp³-hybridized carbons (Fsp3) is 0.0714. The number of alkyl halides is 1. The number of fused-ring (bicyclic) bond motifs is 2. The van der Waals surface area contributed by atoms with Gasteiger partial charge in [-0.3, -0.25) is 0 Å². The van der Waals surface area contributed by atoms with Gasteiger partial charge in [0.1, 0.15) is 5.75 Å². The number of aromatic nitrogens is 1. The standard InChI is InChI=1S/C14H11ClN2O/c15-8-18-9-5-6-11-13(7-9)17-12-4-2-1-3-10(12)14(11)16/h1-7H,8H2,(H2,16,17). The van der Waals surface area contributed by atoms with Crippen LogP contribution in [-0.4, -0.2) is 11.1 Å². The fourth-order valence-corrected chi connectivity index (χ4v) is 2.18. The Balaban J connectivity index is 2.33. The molecule has 1 heterocycles. The molecule has 3 nitrogen and oxygen atoms in total. The van der Waals surface area contributed by atoms with E-state index in [2.05, 4.69) is 4.98 Å². The van der Waals surface area contributed by atoms with Gasteiger partial charge in [-0.05, 0) is 18.2 Å². The van der Waals surface area contributed by atoms with E-state index in [1.54, 1.807) is 0 Å². The van der Waals surface area contributed by atoms with Gasteiger partial charge in [0.15, 0.2) is 6.07 Å². The highest BCUT2D eigenvalue weighted by molar-refractivity contribution is 6.17. The number of benzene rings is 2. The van der Waals surface area contributed by atoms with Crippen molar-refractivity contribution < 1.29 is 4.74 Å². The van der Waals surface area contributed by atoms with Gasteiger partial charge >= 0.3 is 0 Å². The molecule has 3 aromatic rings. The number of nitrogens with two attached hydrogens (primary N) is 1. The summed E-state index contributed by atoms with van der Waals surface area (Å²) in [5.41, 5.74) is 8.61. The molecule has 0 bridgehead atoms. The third kappa shape index (κ3) is 1.73. The number of nitrogen functional groups attached to an aromatic ring is 1. The number of nitrogens with zero attached hydrogens (tertiary/aromatic N) is 1. The summed E-state index contributed by atoms with van der Waals surface area (Å²) in [6.45, 7) is 0. The van der Waals surface area contributed by atoms with E-state index >= 15 is 0 Å². The Bertz CT molecular complexity index is 727. The number of hydrogen-bond acceptors (Lipinski definition) is 3. The SMILES string of the molecule is Nc1c2ccccc2nc2cc(OCCl)ccc12. The van der Waals surface area contributed by atoms with Crippen LogP contribution in [0.1, 0.15) is 0 Å². The molecule has 90 valence electrons. The van der Waals surface area contributed by atoms with Crippen molar-refractivity contribution in [3.8, 4) is 5.75 Å². The van der Waals surface area contributed by atoms with E-state index in [0.717, 1.165) is 27.5 Å². The number of ether oxygens (including phenoxy) is 1. The summed E-state index contributed by atoms with van der Waals surface area (Å²) in [7, 11) is 0. The zero-order valence-corrected chi connectivity index (χ0v) is 10.3. The number of hydrogen-bond donors (Lipinski definition) is 1. The van der Waals surface area contributed by atoms with Crippen LogP contribution in [0.3, 0.4) is 0 Å². The first kappa shape index (κ1) is 11.1. The fourth-order valence-electron chi connectivity index (χ4n) is 2.06. The second-order valence-electron chi connectivity index (χ2n) is 3.98. The molecule has 1 aromatic heterocycles.